The van der Waals surface area contributed by atoms with E-state index in [1.54, 1.807) is 6.07 Å². The Balaban J connectivity index is 1.78. The molecule has 1 atom stereocenters. The van der Waals surface area contributed by atoms with Crippen molar-refractivity contribution in [3.63, 3.8) is 0 Å². The first kappa shape index (κ1) is 22.7. The molecule has 7 heteroatoms. The molecule has 3 aromatic carbocycles. The van der Waals surface area contributed by atoms with Crippen molar-refractivity contribution in [1.29, 1.82) is 0 Å². The van der Waals surface area contributed by atoms with Crippen molar-refractivity contribution in [3.05, 3.63) is 87.9 Å². The van der Waals surface area contributed by atoms with Crippen LogP contribution in [0.1, 0.15) is 15.9 Å². The number of carboxylic acids is 1. The topological polar surface area (TPSA) is 69.6 Å². The SMILES string of the molecule is CN(C)c1ccccc1-c1ccc(C[C@H](NC(=O)c2c(Cl)cccc2Cl)C(=O)O)cc1. The van der Waals surface area contributed by atoms with E-state index in [-0.39, 0.29) is 22.0 Å². The fourth-order valence-corrected chi connectivity index (χ4v) is 3.88. The molecule has 2 N–H and O–H groups in total. The molecular formula is C24H22Cl2N2O3. The molecule has 0 aliphatic carbocycles. The second-order valence-corrected chi connectivity index (χ2v) is 8.09. The third kappa shape index (κ3) is 5.37. The Morgan fingerprint density at radius 2 is 1.55 bits per heavy atom. The van der Waals surface area contributed by atoms with Crippen molar-refractivity contribution >= 4 is 40.8 Å². The number of para-hydroxylation sites is 1. The molecule has 0 aromatic heterocycles. The lowest BCUT2D eigenvalue weighted by molar-refractivity contribution is -0.139. The molecule has 0 saturated heterocycles. The molecule has 3 aromatic rings. The van der Waals surface area contributed by atoms with Gasteiger partial charge in [0.2, 0.25) is 0 Å². The first-order chi connectivity index (χ1) is 14.8. The average Bonchev–Trinajstić information content (AvgIpc) is 2.73. The summed E-state index contributed by atoms with van der Waals surface area (Å²) in [5.41, 5.74) is 4.03. The van der Waals surface area contributed by atoms with Crippen LogP contribution >= 0.6 is 23.2 Å². The predicted octanol–water partition coefficient (Wildman–Crippen LogP) is 5.15. The van der Waals surface area contributed by atoms with E-state index in [2.05, 4.69) is 5.32 Å². The minimum atomic E-state index is -1.14. The van der Waals surface area contributed by atoms with Gasteiger partial charge in [0.25, 0.3) is 5.91 Å². The highest BCUT2D eigenvalue weighted by Crippen LogP contribution is 2.30. The van der Waals surface area contributed by atoms with E-state index in [0.29, 0.717) is 0 Å². The van der Waals surface area contributed by atoms with Gasteiger partial charge in [-0.25, -0.2) is 4.79 Å². The molecule has 0 aliphatic rings. The number of halogens is 2. The Bertz CT molecular complexity index is 1080. The van der Waals surface area contributed by atoms with Crippen LogP contribution in [0.25, 0.3) is 11.1 Å². The number of nitrogens with zero attached hydrogens (tertiary/aromatic N) is 1. The van der Waals surface area contributed by atoms with E-state index < -0.39 is 17.9 Å². The number of amides is 1. The molecule has 0 spiro atoms. The van der Waals surface area contributed by atoms with Gasteiger partial charge in [0.15, 0.2) is 0 Å². The van der Waals surface area contributed by atoms with Gasteiger partial charge in [-0.2, -0.15) is 0 Å². The highest BCUT2D eigenvalue weighted by Gasteiger charge is 2.23. The van der Waals surface area contributed by atoms with Gasteiger partial charge < -0.3 is 15.3 Å². The number of benzene rings is 3. The third-order valence-electron chi connectivity index (χ3n) is 4.88. The predicted molar refractivity (Wildman–Crippen MR) is 125 cm³/mol. The first-order valence-electron chi connectivity index (χ1n) is 9.61. The largest absolute Gasteiger partial charge is 0.480 e. The summed E-state index contributed by atoms with van der Waals surface area (Å²) in [5, 5.41) is 12.5. The number of aliphatic carboxylic acids is 1. The Kier molecular flexibility index (Phi) is 7.21. The van der Waals surface area contributed by atoms with Crippen LogP contribution in [0.4, 0.5) is 5.69 Å². The number of anilines is 1. The highest BCUT2D eigenvalue weighted by atomic mass is 35.5. The van der Waals surface area contributed by atoms with Crippen LogP contribution in [0, 0.1) is 0 Å². The molecule has 0 fully saturated rings. The molecule has 0 radical (unpaired) electrons. The molecule has 0 bridgehead atoms. The summed E-state index contributed by atoms with van der Waals surface area (Å²) >= 11 is 12.1. The lowest BCUT2D eigenvalue weighted by Gasteiger charge is -2.18. The zero-order chi connectivity index (χ0) is 22.5. The smallest absolute Gasteiger partial charge is 0.326 e. The van der Waals surface area contributed by atoms with Gasteiger partial charge in [-0.1, -0.05) is 71.7 Å². The van der Waals surface area contributed by atoms with Crippen molar-refractivity contribution in [2.45, 2.75) is 12.5 Å². The lowest BCUT2D eigenvalue weighted by atomic mass is 9.99. The molecule has 1 amide bonds. The number of hydrogen-bond donors (Lipinski definition) is 2. The molecular weight excluding hydrogens is 435 g/mol. The minimum Gasteiger partial charge on any atom is -0.480 e. The summed E-state index contributed by atoms with van der Waals surface area (Å²) in [6.45, 7) is 0. The summed E-state index contributed by atoms with van der Waals surface area (Å²) in [6.07, 6.45) is 0.124. The number of carboxylic acid groups (broad SMARTS) is 1. The number of carbonyl (C=O) groups is 2. The molecule has 3 rings (SSSR count). The molecule has 31 heavy (non-hydrogen) atoms. The van der Waals surface area contributed by atoms with E-state index in [4.69, 9.17) is 23.2 Å². The second-order valence-electron chi connectivity index (χ2n) is 7.27. The molecule has 5 nitrogen and oxygen atoms in total. The molecule has 160 valence electrons. The van der Waals surface area contributed by atoms with Crippen LogP contribution in [0.15, 0.2) is 66.7 Å². The van der Waals surface area contributed by atoms with E-state index in [9.17, 15) is 14.7 Å². The monoisotopic (exact) mass is 456 g/mol. The van der Waals surface area contributed by atoms with Crippen molar-refractivity contribution in [1.82, 2.24) is 5.32 Å². The van der Waals surface area contributed by atoms with Crippen LogP contribution in [0.5, 0.6) is 0 Å². The Morgan fingerprint density at radius 1 is 0.935 bits per heavy atom. The summed E-state index contributed by atoms with van der Waals surface area (Å²) in [7, 11) is 3.97. The van der Waals surface area contributed by atoms with Crippen LogP contribution in [-0.2, 0) is 11.2 Å². The number of carbonyl (C=O) groups excluding carboxylic acids is 1. The molecule has 0 heterocycles. The van der Waals surface area contributed by atoms with Gasteiger partial charge in [-0.05, 0) is 29.3 Å². The van der Waals surface area contributed by atoms with Crippen molar-refractivity contribution in [2.24, 2.45) is 0 Å². The quantitative estimate of drug-likeness (QED) is 0.515. The fraction of sp³-hybridized carbons (Fsp3) is 0.167. The number of hydrogen-bond acceptors (Lipinski definition) is 3. The standard InChI is InChI=1S/C24H22Cl2N2O3/c1-28(2)21-9-4-3-6-17(21)16-12-10-15(11-13-16)14-20(24(30)31)27-23(29)22-18(25)7-5-8-19(22)26/h3-13,20H,14H2,1-2H3,(H,27,29)(H,30,31)/t20-/m0/s1. The number of rotatable bonds is 7. The van der Waals surface area contributed by atoms with Gasteiger partial charge in [-0.15, -0.1) is 0 Å². The zero-order valence-corrected chi connectivity index (χ0v) is 18.6. The summed E-state index contributed by atoms with van der Waals surface area (Å²) in [4.78, 5) is 26.4. The number of nitrogens with one attached hydrogen (secondary N) is 1. The maximum Gasteiger partial charge on any atom is 0.326 e. The summed E-state index contributed by atoms with van der Waals surface area (Å²) in [6, 6.07) is 19.2. The van der Waals surface area contributed by atoms with Crippen LogP contribution in [0.3, 0.4) is 0 Å². The van der Waals surface area contributed by atoms with E-state index in [1.165, 1.54) is 12.1 Å². The van der Waals surface area contributed by atoms with E-state index >= 15 is 0 Å². The normalized spacial score (nSPS) is 11.6. The minimum absolute atomic E-state index is 0.0627. The average molecular weight is 457 g/mol. The van der Waals surface area contributed by atoms with E-state index in [1.807, 2.05) is 67.5 Å². The first-order valence-corrected chi connectivity index (χ1v) is 10.4. The Labute approximate surface area is 191 Å². The van der Waals surface area contributed by atoms with Gasteiger partial charge in [0.05, 0.1) is 15.6 Å². The van der Waals surface area contributed by atoms with Gasteiger partial charge in [0, 0.05) is 31.8 Å². The van der Waals surface area contributed by atoms with Crippen LogP contribution < -0.4 is 10.2 Å². The van der Waals surface area contributed by atoms with Gasteiger partial charge >= 0.3 is 5.97 Å². The molecule has 0 unspecified atom stereocenters. The lowest BCUT2D eigenvalue weighted by Crippen LogP contribution is -2.42. The van der Waals surface area contributed by atoms with Crippen LogP contribution in [-0.4, -0.2) is 37.1 Å². The zero-order valence-electron chi connectivity index (χ0n) is 17.1. The van der Waals surface area contributed by atoms with Crippen molar-refractivity contribution in [2.75, 3.05) is 19.0 Å². The Hall–Kier alpha value is -3.02. The van der Waals surface area contributed by atoms with Crippen LogP contribution in [0.2, 0.25) is 10.0 Å². The summed E-state index contributed by atoms with van der Waals surface area (Å²) in [5.74, 6) is -1.77. The van der Waals surface area contributed by atoms with Gasteiger partial charge in [-0.3, -0.25) is 4.79 Å². The van der Waals surface area contributed by atoms with Crippen molar-refractivity contribution in [3.8, 4) is 11.1 Å². The fourth-order valence-electron chi connectivity index (χ4n) is 3.31. The van der Waals surface area contributed by atoms with Gasteiger partial charge in [0.1, 0.15) is 6.04 Å². The summed E-state index contributed by atoms with van der Waals surface area (Å²) < 4.78 is 0. The third-order valence-corrected chi connectivity index (χ3v) is 5.51. The molecule has 0 aliphatic heterocycles. The Morgan fingerprint density at radius 3 is 2.13 bits per heavy atom. The van der Waals surface area contributed by atoms with Crippen molar-refractivity contribution < 1.29 is 14.7 Å². The maximum absolute atomic E-state index is 12.6. The highest BCUT2D eigenvalue weighted by molar-refractivity contribution is 6.39. The second kappa shape index (κ2) is 9.86. The molecule has 0 saturated carbocycles. The van der Waals surface area contributed by atoms with E-state index in [0.717, 1.165) is 22.4 Å². The maximum atomic E-state index is 12.6.